The van der Waals surface area contributed by atoms with Crippen molar-refractivity contribution in [1.29, 1.82) is 0 Å². The summed E-state index contributed by atoms with van der Waals surface area (Å²) < 4.78 is 0. The SMILES string of the molecule is OC1CCC(NC2CC(c3ccccc3Cl)C2)CC1. The van der Waals surface area contributed by atoms with Crippen molar-refractivity contribution >= 4 is 11.6 Å². The molecule has 0 aromatic heterocycles. The van der Waals surface area contributed by atoms with Gasteiger partial charge in [-0.05, 0) is 56.1 Å². The molecule has 0 spiro atoms. The lowest BCUT2D eigenvalue weighted by Crippen LogP contribution is -2.47. The third-order valence-corrected chi connectivity index (χ3v) is 5.00. The number of rotatable bonds is 3. The molecule has 3 rings (SSSR count). The molecule has 0 atom stereocenters. The molecule has 3 heteroatoms. The Hall–Kier alpha value is -0.570. The molecule has 0 unspecified atom stereocenters. The lowest BCUT2D eigenvalue weighted by molar-refractivity contribution is 0.108. The minimum atomic E-state index is -0.0599. The monoisotopic (exact) mass is 279 g/mol. The van der Waals surface area contributed by atoms with E-state index in [9.17, 15) is 5.11 Å². The van der Waals surface area contributed by atoms with Crippen LogP contribution in [0, 0.1) is 0 Å². The van der Waals surface area contributed by atoms with Crippen LogP contribution in [0.2, 0.25) is 5.02 Å². The molecule has 0 heterocycles. The average molecular weight is 280 g/mol. The van der Waals surface area contributed by atoms with Gasteiger partial charge in [-0.25, -0.2) is 0 Å². The van der Waals surface area contributed by atoms with Crippen molar-refractivity contribution in [3.8, 4) is 0 Å². The van der Waals surface area contributed by atoms with Crippen LogP contribution in [-0.4, -0.2) is 23.3 Å². The van der Waals surface area contributed by atoms with Crippen molar-refractivity contribution < 1.29 is 5.11 Å². The Kier molecular flexibility index (Phi) is 4.11. The molecule has 2 nitrogen and oxygen atoms in total. The number of halogens is 1. The molecule has 0 radical (unpaired) electrons. The minimum absolute atomic E-state index is 0.0599. The van der Waals surface area contributed by atoms with Crippen LogP contribution < -0.4 is 5.32 Å². The summed E-state index contributed by atoms with van der Waals surface area (Å²) in [5, 5.41) is 14.2. The molecule has 0 saturated heterocycles. The van der Waals surface area contributed by atoms with E-state index in [2.05, 4.69) is 17.4 Å². The van der Waals surface area contributed by atoms with Crippen LogP contribution in [-0.2, 0) is 0 Å². The van der Waals surface area contributed by atoms with Gasteiger partial charge in [-0.1, -0.05) is 29.8 Å². The van der Waals surface area contributed by atoms with Crippen LogP contribution in [0.25, 0.3) is 0 Å². The number of hydrogen-bond acceptors (Lipinski definition) is 2. The summed E-state index contributed by atoms with van der Waals surface area (Å²) in [7, 11) is 0. The minimum Gasteiger partial charge on any atom is -0.393 e. The predicted molar refractivity (Wildman–Crippen MR) is 78.6 cm³/mol. The Labute approximate surface area is 120 Å². The standard InChI is InChI=1S/C16H22ClNO/c17-16-4-2-1-3-15(16)11-9-13(10-11)18-12-5-7-14(19)8-6-12/h1-4,11-14,18-19H,5-10H2. The molecule has 0 aliphatic heterocycles. The van der Waals surface area contributed by atoms with Crippen LogP contribution in [0.3, 0.4) is 0 Å². The zero-order valence-corrected chi connectivity index (χ0v) is 11.9. The van der Waals surface area contributed by atoms with Crippen LogP contribution in [0.4, 0.5) is 0 Å². The molecule has 2 aliphatic rings. The number of benzene rings is 1. The van der Waals surface area contributed by atoms with E-state index in [0.717, 1.165) is 30.7 Å². The summed E-state index contributed by atoms with van der Waals surface area (Å²) in [4.78, 5) is 0. The smallest absolute Gasteiger partial charge is 0.0541 e. The maximum Gasteiger partial charge on any atom is 0.0541 e. The largest absolute Gasteiger partial charge is 0.393 e. The molecule has 0 bridgehead atoms. The second kappa shape index (κ2) is 5.82. The molecule has 1 aromatic carbocycles. The topological polar surface area (TPSA) is 32.3 Å². The quantitative estimate of drug-likeness (QED) is 0.888. The summed E-state index contributed by atoms with van der Waals surface area (Å²) in [5.74, 6) is 0.625. The van der Waals surface area contributed by atoms with Gasteiger partial charge in [0.05, 0.1) is 6.10 Å². The van der Waals surface area contributed by atoms with E-state index in [1.54, 1.807) is 0 Å². The highest BCUT2D eigenvalue weighted by Crippen LogP contribution is 2.40. The van der Waals surface area contributed by atoms with Crippen molar-refractivity contribution in [2.24, 2.45) is 0 Å². The highest BCUT2D eigenvalue weighted by molar-refractivity contribution is 6.31. The Balaban J connectivity index is 1.47. The van der Waals surface area contributed by atoms with Gasteiger partial charge in [-0.2, -0.15) is 0 Å². The summed E-state index contributed by atoms with van der Waals surface area (Å²) >= 11 is 6.24. The Bertz CT molecular complexity index is 423. The van der Waals surface area contributed by atoms with Crippen LogP contribution in [0.15, 0.2) is 24.3 Å². The second-order valence-corrected chi connectivity index (χ2v) is 6.47. The van der Waals surface area contributed by atoms with Crippen molar-refractivity contribution in [3.05, 3.63) is 34.9 Å². The van der Waals surface area contributed by atoms with E-state index in [1.165, 1.54) is 18.4 Å². The Morgan fingerprint density at radius 1 is 1.00 bits per heavy atom. The molecule has 104 valence electrons. The Morgan fingerprint density at radius 2 is 1.68 bits per heavy atom. The van der Waals surface area contributed by atoms with Gasteiger partial charge in [-0.3, -0.25) is 0 Å². The molecule has 0 amide bonds. The van der Waals surface area contributed by atoms with Gasteiger partial charge in [-0.15, -0.1) is 0 Å². The van der Waals surface area contributed by atoms with Gasteiger partial charge in [0.25, 0.3) is 0 Å². The third kappa shape index (κ3) is 3.13. The molecule has 2 N–H and O–H groups in total. The number of aliphatic hydroxyl groups is 1. The zero-order chi connectivity index (χ0) is 13.2. The van der Waals surface area contributed by atoms with Crippen LogP contribution in [0.1, 0.15) is 50.0 Å². The first-order valence-electron chi connectivity index (χ1n) is 7.41. The summed E-state index contributed by atoms with van der Waals surface area (Å²) in [6.07, 6.45) is 6.49. The molecule has 19 heavy (non-hydrogen) atoms. The van der Waals surface area contributed by atoms with Gasteiger partial charge >= 0.3 is 0 Å². The fraction of sp³-hybridized carbons (Fsp3) is 0.625. The van der Waals surface area contributed by atoms with Gasteiger partial charge in [0.15, 0.2) is 0 Å². The van der Waals surface area contributed by atoms with Crippen LogP contribution in [0.5, 0.6) is 0 Å². The predicted octanol–water partition coefficient (Wildman–Crippen LogP) is 3.48. The zero-order valence-electron chi connectivity index (χ0n) is 11.2. The van der Waals surface area contributed by atoms with E-state index in [1.807, 2.05) is 12.1 Å². The van der Waals surface area contributed by atoms with Gasteiger partial charge in [0.1, 0.15) is 0 Å². The highest BCUT2D eigenvalue weighted by Gasteiger charge is 2.33. The van der Waals surface area contributed by atoms with Crippen molar-refractivity contribution in [1.82, 2.24) is 5.32 Å². The molecular weight excluding hydrogens is 258 g/mol. The van der Waals surface area contributed by atoms with Crippen LogP contribution >= 0.6 is 11.6 Å². The molecular formula is C16H22ClNO. The van der Waals surface area contributed by atoms with E-state index in [0.29, 0.717) is 18.0 Å². The first-order valence-corrected chi connectivity index (χ1v) is 7.78. The van der Waals surface area contributed by atoms with Crippen molar-refractivity contribution in [2.45, 2.75) is 62.6 Å². The van der Waals surface area contributed by atoms with E-state index in [4.69, 9.17) is 11.6 Å². The molecule has 2 saturated carbocycles. The third-order valence-electron chi connectivity index (χ3n) is 4.65. The van der Waals surface area contributed by atoms with E-state index in [-0.39, 0.29) is 6.10 Å². The summed E-state index contributed by atoms with van der Waals surface area (Å²) in [6.45, 7) is 0. The Morgan fingerprint density at radius 3 is 2.37 bits per heavy atom. The lowest BCUT2D eigenvalue weighted by Gasteiger charge is -2.40. The number of nitrogens with one attached hydrogen (secondary N) is 1. The first kappa shape index (κ1) is 13.4. The van der Waals surface area contributed by atoms with Gasteiger partial charge in [0, 0.05) is 17.1 Å². The fourth-order valence-corrected chi connectivity index (χ4v) is 3.68. The maximum atomic E-state index is 9.51. The second-order valence-electron chi connectivity index (χ2n) is 6.06. The van der Waals surface area contributed by atoms with Gasteiger partial charge in [0.2, 0.25) is 0 Å². The summed E-state index contributed by atoms with van der Waals surface area (Å²) in [6, 6.07) is 9.46. The fourth-order valence-electron chi connectivity index (χ4n) is 3.39. The maximum absolute atomic E-state index is 9.51. The molecule has 2 aliphatic carbocycles. The lowest BCUT2D eigenvalue weighted by atomic mass is 9.75. The first-order chi connectivity index (χ1) is 9.22. The van der Waals surface area contributed by atoms with Crippen molar-refractivity contribution in [3.63, 3.8) is 0 Å². The molecule has 1 aromatic rings. The normalized spacial score (nSPS) is 34.8. The summed E-state index contributed by atoms with van der Waals surface area (Å²) in [5.41, 5.74) is 1.31. The number of aliphatic hydroxyl groups excluding tert-OH is 1. The highest BCUT2D eigenvalue weighted by atomic mass is 35.5. The van der Waals surface area contributed by atoms with E-state index < -0.39 is 0 Å². The van der Waals surface area contributed by atoms with Crippen molar-refractivity contribution in [2.75, 3.05) is 0 Å². The molecule has 2 fully saturated rings. The number of hydrogen-bond donors (Lipinski definition) is 2. The van der Waals surface area contributed by atoms with Gasteiger partial charge < -0.3 is 10.4 Å². The average Bonchev–Trinajstić information content (AvgIpc) is 2.37. The van der Waals surface area contributed by atoms with E-state index >= 15 is 0 Å².